The van der Waals surface area contributed by atoms with Crippen molar-refractivity contribution in [3.63, 3.8) is 0 Å². The van der Waals surface area contributed by atoms with Gasteiger partial charge in [0.2, 0.25) is 5.91 Å². The van der Waals surface area contributed by atoms with Gasteiger partial charge in [0.1, 0.15) is 5.82 Å². The van der Waals surface area contributed by atoms with E-state index in [2.05, 4.69) is 28.3 Å². The first-order chi connectivity index (χ1) is 10.7. The van der Waals surface area contributed by atoms with Crippen molar-refractivity contribution in [1.82, 2.24) is 14.5 Å². The van der Waals surface area contributed by atoms with Crippen molar-refractivity contribution in [3.05, 3.63) is 17.7 Å². The second-order valence-corrected chi connectivity index (χ2v) is 7.09. The summed E-state index contributed by atoms with van der Waals surface area (Å²) in [6.45, 7) is 7.29. The Morgan fingerprint density at radius 3 is 2.82 bits per heavy atom. The minimum absolute atomic E-state index is 0.322. The molecule has 1 saturated carbocycles. The number of hydrogen-bond donors (Lipinski definition) is 0. The van der Waals surface area contributed by atoms with Gasteiger partial charge in [0, 0.05) is 43.9 Å². The summed E-state index contributed by atoms with van der Waals surface area (Å²) in [7, 11) is 0. The zero-order valence-corrected chi connectivity index (χ0v) is 14.1. The van der Waals surface area contributed by atoms with E-state index in [9.17, 15) is 4.79 Å². The number of hydrogen-bond acceptors (Lipinski definition) is 2. The molecule has 2 heterocycles. The van der Waals surface area contributed by atoms with Crippen LogP contribution in [0.5, 0.6) is 0 Å². The highest BCUT2D eigenvalue weighted by Gasteiger charge is 2.32. The molecular formula is C18H29N3O. The van der Waals surface area contributed by atoms with Crippen molar-refractivity contribution in [2.24, 2.45) is 11.8 Å². The average molecular weight is 303 g/mol. The van der Waals surface area contributed by atoms with Crippen LogP contribution in [0.4, 0.5) is 0 Å². The molecule has 1 atom stereocenters. The molecule has 3 rings (SSSR count). The van der Waals surface area contributed by atoms with Crippen LogP contribution in [0.15, 0.2) is 6.20 Å². The van der Waals surface area contributed by atoms with Gasteiger partial charge in [0.15, 0.2) is 0 Å². The lowest BCUT2D eigenvalue weighted by atomic mass is 10.0. The first kappa shape index (κ1) is 15.6. The minimum Gasteiger partial charge on any atom is -0.342 e. The summed E-state index contributed by atoms with van der Waals surface area (Å²) in [4.78, 5) is 19.3. The summed E-state index contributed by atoms with van der Waals surface area (Å²) in [6, 6.07) is 0. The fourth-order valence-electron chi connectivity index (χ4n) is 4.09. The second-order valence-electron chi connectivity index (χ2n) is 7.09. The molecule has 122 valence electrons. The first-order valence-corrected chi connectivity index (χ1v) is 8.98. The van der Waals surface area contributed by atoms with Gasteiger partial charge in [-0.2, -0.15) is 0 Å². The monoisotopic (exact) mass is 303 g/mol. The van der Waals surface area contributed by atoms with Crippen molar-refractivity contribution in [1.29, 1.82) is 0 Å². The molecule has 1 aliphatic carbocycles. The molecule has 0 radical (unpaired) electrons. The van der Waals surface area contributed by atoms with Crippen LogP contribution in [-0.4, -0.2) is 33.4 Å². The van der Waals surface area contributed by atoms with Crippen molar-refractivity contribution >= 4 is 5.91 Å². The molecule has 2 aliphatic rings. The number of imidazole rings is 1. The molecule has 4 heteroatoms. The Morgan fingerprint density at radius 2 is 2.09 bits per heavy atom. The summed E-state index contributed by atoms with van der Waals surface area (Å²) in [5.41, 5.74) is 1.26. The highest BCUT2D eigenvalue weighted by molar-refractivity contribution is 5.79. The average Bonchev–Trinajstić information content (AvgIpc) is 3.24. The maximum atomic E-state index is 12.5. The van der Waals surface area contributed by atoms with E-state index in [4.69, 9.17) is 0 Å². The van der Waals surface area contributed by atoms with Gasteiger partial charge in [-0.25, -0.2) is 4.98 Å². The molecule has 0 aromatic carbocycles. The van der Waals surface area contributed by atoms with Crippen LogP contribution in [-0.2, 0) is 17.8 Å². The molecule has 2 fully saturated rings. The van der Waals surface area contributed by atoms with Gasteiger partial charge in [-0.1, -0.05) is 19.8 Å². The standard InChI is InChI=1S/C18H29N3O/c1-3-9-21-14(2)12-19-17(21)11-15-8-10-20(13-15)18(22)16-6-4-5-7-16/h12,15-16H,3-11,13H2,1-2H3. The molecule has 1 aliphatic heterocycles. The van der Waals surface area contributed by atoms with Crippen LogP contribution in [0.25, 0.3) is 0 Å². The summed E-state index contributed by atoms with van der Waals surface area (Å²) in [5, 5.41) is 0. The number of rotatable bonds is 5. The summed E-state index contributed by atoms with van der Waals surface area (Å²) >= 11 is 0. The highest BCUT2D eigenvalue weighted by atomic mass is 16.2. The van der Waals surface area contributed by atoms with Crippen molar-refractivity contribution in [2.45, 2.75) is 65.3 Å². The van der Waals surface area contributed by atoms with Gasteiger partial charge < -0.3 is 9.47 Å². The van der Waals surface area contributed by atoms with E-state index < -0.39 is 0 Å². The van der Waals surface area contributed by atoms with Crippen LogP contribution in [0.3, 0.4) is 0 Å². The molecule has 1 amide bonds. The van der Waals surface area contributed by atoms with Gasteiger partial charge in [-0.3, -0.25) is 4.79 Å². The number of carbonyl (C=O) groups excluding carboxylic acids is 1. The molecule has 22 heavy (non-hydrogen) atoms. The van der Waals surface area contributed by atoms with Crippen LogP contribution in [0.2, 0.25) is 0 Å². The van der Waals surface area contributed by atoms with Gasteiger partial charge in [0.05, 0.1) is 0 Å². The molecule has 1 aromatic heterocycles. The minimum atomic E-state index is 0.322. The largest absolute Gasteiger partial charge is 0.342 e. The van der Waals surface area contributed by atoms with Gasteiger partial charge in [-0.15, -0.1) is 0 Å². The number of aromatic nitrogens is 2. The lowest BCUT2D eigenvalue weighted by molar-refractivity contribution is -0.134. The zero-order chi connectivity index (χ0) is 15.5. The Hall–Kier alpha value is -1.32. The molecular weight excluding hydrogens is 274 g/mol. The Bertz CT molecular complexity index is 516. The van der Waals surface area contributed by atoms with E-state index >= 15 is 0 Å². The molecule has 0 bridgehead atoms. The lowest BCUT2D eigenvalue weighted by Gasteiger charge is -2.20. The quantitative estimate of drug-likeness (QED) is 0.838. The van der Waals surface area contributed by atoms with E-state index in [1.807, 2.05) is 6.20 Å². The van der Waals surface area contributed by atoms with E-state index in [-0.39, 0.29) is 0 Å². The molecule has 1 aromatic rings. The van der Waals surface area contributed by atoms with Crippen LogP contribution in [0.1, 0.15) is 57.0 Å². The Kier molecular flexibility index (Phi) is 4.84. The molecule has 1 unspecified atom stereocenters. The van der Waals surface area contributed by atoms with E-state index in [0.29, 0.717) is 17.7 Å². The maximum Gasteiger partial charge on any atom is 0.225 e. The van der Waals surface area contributed by atoms with Gasteiger partial charge >= 0.3 is 0 Å². The van der Waals surface area contributed by atoms with E-state index in [1.165, 1.54) is 24.4 Å². The maximum absolute atomic E-state index is 12.5. The lowest BCUT2D eigenvalue weighted by Crippen LogP contribution is -2.33. The normalized spacial score (nSPS) is 22.6. The predicted molar refractivity (Wildman–Crippen MR) is 87.6 cm³/mol. The smallest absolute Gasteiger partial charge is 0.225 e. The first-order valence-electron chi connectivity index (χ1n) is 8.98. The van der Waals surface area contributed by atoms with Crippen LogP contribution >= 0.6 is 0 Å². The Labute approximate surface area is 133 Å². The number of amides is 1. The Balaban J connectivity index is 1.58. The fraction of sp³-hybridized carbons (Fsp3) is 0.778. The molecule has 0 N–H and O–H groups in total. The third kappa shape index (κ3) is 3.21. The van der Waals surface area contributed by atoms with E-state index in [0.717, 1.165) is 51.7 Å². The van der Waals surface area contributed by atoms with Crippen molar-refractivity contribution < 1.29 is 4.79 Å². The fourth-order valence-corrected chi connectivity index (χ4v) is 4.09. The summed E-state index contributed by atoms with van der Waals surface area (Å²) in [6.07, 6.45) is 9.98. The van der Waals surface area contributed by atoms with E-state index in [1.54, 1.807) is 0 Å². The number of nitrogens with zero attached hydrogens (tertiary/aromatic N) is 3. The molecule has 1 saturated heterocycles. The van der Waals surface area contributed by atoms with Crippen molar-refractivity contribution in [3.8, 4) is 0 Å². The van der Waals surface area contributed by atoms with Crippen LogP contribution in [0, 0.1) is 18.8 Å². The summed E-state index contributed by atoms with van der Waals surface area (Å²) in [5.74, 6) is 2.54. The highest BCUT2D eigenvalue weighted by Crippen LogP contribution is 2.29. The Morgan fingerprint density at radius 1 is 1.32 bits per heavy atom. The number of carbonyl (C=O) groups is 1. The number of aryl methyl sites for hydroxylation is 1. The van der Waals surface area contributed by atoms with Crippen molar-refractivity contribution in [2.75, 3.05) is 13.1 Å². The summed E-state index contributed by atoms with van der Waals surface area (Å²) < 4.78 is 2.35. The second kappa shape index (κ2) is 6.84. The van der Waals surface area contributed by atoms with Gasteiger partial charge in [0.25, 0.3) is 0 Å². The zero-order valence-electron chi connectivity index (χ0n) is 14.1. The molecule has 4 nitrogen and oxygen atoms in total. The SMILES string of the molecule is CCCn1c(C)cnc1CC1CCN(C(=O)C2CCCC2)C1. The van der Waals surface area contributed by atoms with Crippen LogP contribution < -0.4 is 0 Å². The topological polar surface area (TPSA) is 38.1 Å². The molecule has 0 spiro atoms. The third-order valence-electron chi connectivity index (χ3n) is 5.36. The third-order valence-corrected chi connectivity index (χ3v) is 5.36. The predicted octanol–water partition coefficient (Wildman–Crippen LogP) is 3.18. The van der Waals surface area contributed by atoms with Gasteiger partial charge in [-0.05, 0) is 38.5 Å². The number of likely N-dealkylation sites (tertiary alicyclic amines) is 1.